The summed E-state index contributed by atoms with van der Waals surface area (Å²) in [4.78, 5) is 24.4. The van der Waals surface area contributed by atoms with Crippen LogP contribution in [-0.4, -0.2) is 59.4 Å². The number of carbonyl (C=O) groups excluding carboxylic acids is 1. The first kappa shape index (κ1) is 26.1. The summed E-state index contributed by atoms with van der Waals surface area (Å²) in [6, 6.07) is 17.4. The molecule has 2 N–H and O–H groups in total. The first-order valence-corrected chi connectivity index (χ1v) is 14.3. The van der Waals surface area contributed by atoms with Gasteiger partial charge in [0.05, 0.1) is 4.90 Å². The van der Waals surface area contributed by atoms with Crippen molar-refractivity contribution in [3.05, 3.63) is 66.7 Å². The summed E-state index contributed by atoms with van der Waals surface area (Å²) >= 11 is 1.45. The summed E-state index contributed by atoms with van der Waals surface area (Å²) in [7, 11) is -4.09. The Balaban J connectivity index is 1.41. The molecule has 5 rings (SSSR count). The molecule has 0 spiro atoms. The van der Waals surface area contributed by atoms with Gasteiger partial charge in [-0.15, -0.1) is 0 Å². The molecule has 3 aromatic carbocycles. The lowest BCUT2D eigenvalue weighted by atomic mass is 10.0. The monoisotopic (exact) mass is 554 g/mol. The van der Waals surface area contributed by atoms with Crippen molar-refractivity contribution in [2.45, 2.75) is 29.5 Å². The van der Waals surface area contributed by atoms with Crippen molar-refractivity contribution in [2.75, 3.05) is 24.2 Å². The number of benzene rings is 3. The molecular formula is C27H26N2O7S2. The van der Waals surface area contributed by atoms with E-state index in [1.54, 1.807) is 50.2 Å². The molecule has 0 radical (unpaired) electrons. The number of anilines is 1. The minimum absolute atomic E-state index is 0.00269. The van der Waals surface area contributed by atoms with Gasteiger partial charge < -0.3 is 19.6 Å². The number of nitrogens with one attached hydrogen (secondary N) is 1. The van der Waals surface area contributed by atoms with Crippen molar-refractivity contribution in [3.8, 4) is 5.75 Å². The zero-order chi connectivity index (χ0) is 27.1. The summed E-state index contributed by atoms with van der Waals surface area (Å²) in [5, 5.41) is 13.8. The number of nitrogens with zero attached hydrogens (tertiary/aromatic N) is 1. The molecule has 1 fully saturated rings. The van der Waals surface area contributed by atoms with Crippen molar-refractivity contribution in [1.82, 2.24) is 4.31 Å². The van der Waals surface area contributed by atoms with Gasteiger partial charge in [0.1, 0.15) is 23.0 Å². The smallest absolute Gasteiger partial charge is 0.323 e. The maximum absolute atomic E-state index is 13.6. The van der Waals surface area contributed by atoms with Crippen LogP contribution >= 0.6 is 11.8 Å². The first-order chi connectivity index (χ1) is 18.1. The van der Waals surface area contributed by atoms with E-state index in [-0.39, 0.29) is 24.0 Å². The van der Waals surface area contributed by atoms with Crippen LogP contribution in [0.1, 0.15) is 13.8 Å². The highest BCUT2D eigenvalue weighted by atomic mass is 32.2. The van der Waals surface area contributed by atoms with Gasteiger partial charge in [0.2, 0.25) is 10.0 Å². The van der Waals surface area contributed by atoms with E-state index in [2.05, 4.69) is 5.32 Å². The van der Waals surface area contributed by atoms with E-state index in [1.165, 1.54) is 23.9 Å². The fourth-order valence-corrected chi connectivity index (χ4v) is 7.75. The number of furan rings is 1. The SMILES string of the molecule is CC1(C)SCCN(S(=O)(=O)c2ccc3oc4cc(NC(=O)COc5ccccc5)ccc4c3c2)C1C(=O)O. The molecule has 0 saturated carbocycles. The molecule has 1 amide bonds. The molecule has 38 heavy (non-hydrogen) atoms. The lowest BCUT2D eigenvalue weighted by molar-refractivity contribution is -0.142. The van der Waals surface area contributed by atoms with Gasteiger partial charge in [-0.3, -0.25) is 9.59 Å². The summed E-state index contributed by atoms with van der Waals surface area (Å²) < 4.78 is 38.9. The lowest BCUT2D eigenvalue weighted by Crippen LogP contribution is -2.58. The first-order valence-electron chi connectivity index (χ1n) is 11.9. The van der Waals surface area contributed by atoms with E-state index in [4.69, 9.17) is 9.15 Å². The average molecular weight is 555 g/mol. The van der Waals surface area contributed by atoms with E-state index >= 15 is 0 Å². The van der Waals surface area contributed by atoms with Crippen molar-refractivity contribution < 1.29 is 32.3 Å². The number of aliphatic carboxylic acids is 1. The molecule has 0 aliphatic carbocycles. The molecule has 1 aromatic heterocycles. The van der Waals surface area contributed by atoms with Gasteiger partial charge in [-0.25, -0.2) is 8.42 Å². The maximum atomic E-state index is 13.6. The highest BCUT2D eigenvalue weighted by Gasteiger charge is 2.48. The van der Waals surface area contributed by atoms with Crippen molar-refractivity contribution in [3.63, 3.8) is 0 Å². The minimum Gasteiger partial charge on any atom is -0.484 e. The van der Waals surface area contributed by atoms with Gasteiger partial charge in [-0.1, -0.05) is 18.2 Å². The number of amides is 1. The molecule has 1 unspecified atom stereocenters. The Morgan fingerprint density at radius 1 is 1.08 bits per heavy atom. The van der Waals surface area contributed by atoms with Gasteiger partial charge in [-0.2, -0.15) is 16.1 Å². The normalized spacial score (nSPS) is 17.9. The third-order valence-electron chi connectivity index (χ3n) is 6.41. The number of sulfonamides is 1. The number of para-hydroxylation sites is 1. The second kappa shape index (κ2) is 9.97. The molecular weight excluding hydrogens is 528 g/mol. The Kier molecular flexibility index (Phi) is 6.84. The van der Waals surface area contributed by atoms with Gasteiger partial charge >= 0.3 is 5.97 Å². The highest BCUT2D eigenvalue weighted by Crippen LogP contribution is 2.39. The molecule has 1 saturated heterocycles. The minimum atomic E-state index is -4.09. The number of hydrogen-bond acceptors (Lipinski definition) is 7. The van der Waals surface area contributed by atoms with Crippen molar-refractivity contribution in [2.24, 2.45) is 0 Å². The van der Waals surface area contributed by atoms with Gasteiger partial charge in [0, 0.05) is 39.6 Å². The standard InChI is InChI=1S/C27H26N2O7S2/c1-27(2)25(26(31)32)29(12-13-37-27)38(33,34)19-9-11-22-21(15-19)20-10-8-17(14-23(20)36-22)28-24(30)16-35-18-6-4-3-5-7-18/h3-11,14-15,25H,12-13,16H2,1-2H3,(H,28,30)(H,31,32). The number of carboxylic acid groups (broad SMARTS) is 1. The summed E-state index contributed by atoms with van der Waals surface area (Å²) in [6.45, 7) is 3.44. The third-order valence-corrected chi connectivity index (χ3v) is 9.63. The Labute approximate surface area is 223 Å². The van der Waals surface area contributed by atoms with Crippen LogP contribution < -0.4 is 10.1 Å². The van der Waals surface area contributed by atoms with E-state index in [1.807, 2.05) is 18.2 Å². The number of carbonyl (C=O) groups is 2. The molecule has 1 aliphatic heterocycles. The van der Waals surface area contributed by atoms with Gasteiger partial charge in [0.25, 0.3) is 5.91 Å². The van der Waals surface area contributed by atoms with Crippen LogP contribution in [0.15, 0.2) is 76.0 Å². The molecule has 2 heterocycles. The second-order valence-corrected chi connectivity index (χ2v) is 13.1. The number of fused-ring (bicyclic) bond motifs is 3. The van der Waals surface area contributed by atoms with Gasteiger partial charge in [0.15, 0.2) is 6.61 Å². The Bertz CT molecular complexity index is 1630. The predicted octanol–water partition coefficient (Wildman–Crippen LogP) is 4.57. The van der Waals surface area contributed by atoms with E-state index in [9.17, 15) is 23.1 Å². The number of ether oxygens (including phenoxy) is 1. The van der Waals surface area contributed by atoms with Crippen LogP contribution in [-0.2, 0) is 19.6 Å². The Morgan fingerprint density at radius 2 is 1.84 bits per heavy atom. The van der Waals surface area contributed by atoms with Crippen LogP contribution in [0, 0.1) is 0 Å². The topological polar surface area (TPSA) is 126 Å². The Morgan fingerprint density at radius 3 is 2.58 bits per heavy atom. The molecule has 9 nitrogen and oxygen atoms in total. The van der Waals surface area contributed by atoms with Crippen LogP contribution in [0.3, 0.4) is 0 Å². The van der Waals surface area contributed by atoms with Crippen LogP contribution in [0.25, 0.3) is 21.9 Å². The van der Waals surface area contributed by atoms with E-state index in [0.717, 1.165) is 4.31 Å². The zero-order valence-electron chi connectivity index (χ0n) is 20.7. The zero-order valence-corrected chi connectivity index (χ0v) is 22.3. The fourth-order valence-electron chi connectivity index (χ4n) is 4.63. The molecule has 0 bridgehead atoms. The molecule has 198 valence electrons. The molecule has 11 heteroatoms. The molecule has 4 aromatic rings. The quantitative estimate of drug-likeness (QED) is 0.340. The Hall–Kier alpha value is -3.54. The number of carboxylic acids is 1. The molecule has 1 atom stereocenters. The predicted molar refractivity (Wildman–Crippen MR) is 146 cm³/mol. The van der Waals surface area contributed by atoms with E-state index < -0.39 is 26.8 Å². The van der Waals surface area contributed by atoms with Crippen LogP contribution in [0.5, 0.6) is 5.75 Å². The number of thioether (sulfide) groups is 1. The highest BCUT2D eigenvalue weighted by molar-refractivity contribution is 8.00. The van der Waals surface area contributed by atoms with Crippen molar-refractivity contribution >= 4 is 61.3 Å². The fraction of sp³-hybridized carbons (Fsp3) is 0.259. The van der Waals surface area contributed by atoms with Crippen molar-refractivity contribution in [1.29, 1.82) is 0 Å². The summed E-state index contributed by atoms with van der Waals surface area (Å²) in [5.41, 5.74) is 1.44. The third kappa shape index (κ3) is 4.96. The van der Waals surface area contributed by atoms with Crippen LogP contribution in [0.4, 0.5) is 5.69 Å². The summed E-state index contributed by atoms with van der Waals surface area (Å²) in [5.74, 6) is -0.432. The van der Waals surface area contributed by atoms with E-state index in [0.29, 0.717) is 39.1 Å². The second-order valence-electron chi connectivity index (χ2n) is 9.43. The van der Waals surface area contributed by atoms with Crippen LogP contribution in [0.2, 0.25) is 0 Å². The lowest BCUT2D eigenvalue weighted by Gasteiger charge is -2.42. The largest absolute Gasteiger partial charge is 0.484 e. The van der Waals surface area contributed by atoms with Gasteiger partial charge in [-0.05, 0) is 56.3 Å². The number of rotatable bonds is 7. The molecule has 1 aliphatic rings. The summed E-state index contributed by atoms with van der Waals surface area (Å²) in [6.07, 6.45) is 0. The average Bonchev–Trinajstić information content (AvgIpc) is 3.24. The number of hydrogen-bond donors (Lipinski definition) is 2. The maximum Gasteiger partial charge on any atom is 0.323 e.